The number of rotatable bonds is 3. The molecule has 0 atom stereocenters. The van der Waals surface area contributed by atoms with Crippen LogP contribution >= 0.6 is 11.6 Å². The van der Waals surface area contributed by atoms with Crippen LogP contribution in [0, 0.1) is 6.92 Å². The molecule has 0 aromatic heterocycles. The molecule has 0 fully saturated rings. The van der Waals surface area contributed by atoms with Gasteiger partial charge in [0.2, 0.25) is 5.91 Å². The number of halogens is 1. The van der Waals surface area contributed by atoms with Gasteiger partial charge >= 0.3 is 0 Å². The lowest BCUT2D eigenvalue weighted by Gasteiger charge is -2.32. The molecule has 2 aromatic rings. The van der Waals surface area contributed by atoms with Gasteiger partial charge in [0.05, 0.1) is 19.2 Å². The Labute approximate surface area is 141 Å². The van der Waals surface area contributed by atoms with Gasteiger partial charge in [-0.1, -0.05) is 35.9 Å². The van der Waals surface area contributed by atoms with Gasteiger partial charge in [0, 0.05) is 11.6 Å². The minimum atomic E-state index is 0.0583. The molecule has 1 aliphatic rings. The maximum atomic E-state index is 12.9. The first kappa shape index (κ1) is 15.9. The van der Waals surface area contributed by atoms with Crippen molar-refractivity contribution >= 4 is 23.2 Å². The standard InChI is InChI=1S/C19H20ClNO2/c1-13-9-10-17(23-2)19-15(13)7-5-11-21(19)18(22)12-14-6-3-4-8-16(14)20/h3-4,6,8-10H,5,7,11-12H2,1-2H3. The summed E-state index contributed by atoms with van der Waals surface area (Å²) < 4.78 is 5.50. The van der Waals surface area contributed by atoms with E-state index in [0.29, 0.717) is 11.4 Å². The molecule has 1 aliphatic heterocycles. The van der Waals surface area contributed by atoms with Crippen molar-refractivity contribution in [3.05, 3.63) is 58.1 Å². The summed E-state index contributed by atoms with van der Waals surface area (Å²) in [5, 5.41) is 0.634. The molecular weight excluding hydrogens is 310 g/mol. The molecule has 3 rings (SSSR count). The Morgan fingerprint density at radius 2 is 2.04 bits per heavy atom. The highest BCUT2D eigenvalue weighted by molar-refractivity contribution is 6.31. The Morgan fingerprint density at radius 1 is 1.26 bits per heavy atom. The Morgan fingerprint density at radius 3 is 2.78 bits per heavy atom. The van der Waals surface area contributed by atoms with Crippen LogP contribution < -0.4 is 9.64 Å². The zero-order valence-corrected chi connectivity index (χ0v) is 14.2. The van der Waals surface area contributed by atoms with Gasteiger partial charge in [-0.05, 0) is 48.6 Å². The summed E-state index contributed by atoms with van der Waals surface area (Å²) in [6.45, 7) is 2.80. The van der Waals surface area contributed by atoms with Crippen LogP contribution in [0.25, 0.3) is 0 Å². The van der Waals surface area contributed by atoms with Gasteiger partial charge in [-0.2, -0.15) is 0 Å². The van der Waals surface area contributed by atoms with Gasteiger partial charge in [-0.25, -0.2) is 0 Å². The highest BCUT2D eigenvalue weighted by Gasteiger charge is 2.27. The largest absolute Gasteiger partial charge is 0.495 e. The number of carbonyl (C=O) groups is 1. The van der Waals surface area contributed by atoms with Crippen LogP contribution in [-0.4, -0.2) is 19.6 Å². The predicted molar refractivity (Wildman–Crippen MR) is 93.6 cm³/mol. The SMILES string of the molecule is COc1ccc(C)c2c1N(C(=O)Cc1ccccc1Cl)CCC2. The van der Waals surface area contributed by atoms with Crippen molar-refractivity contribution in [3.8, 4) is 5.75 Å². The van der Waals surface area contributed by atoms with E-state index in [2.05, 4.69) is 13.0 Å². The maximum Gasteiger partial charge on any atom is 0.231 e. The molecule has 120 valence electrons. The van der Waals surface area contributed by atoms with Crippen LogP contribution in [0.15, 0.2) is 36.4 Å². The van der Waals surface area contributed by atoms with Crippen LogP contribution in [0.4, 0.5) is 5.69 Å². The number of amides is 1. The smallest absolute Gasteiger partial charge is 0.231 e. The van der Waals surface area contributed by atoms with E-state index in [9.17, 15) is 4.79 Å². The molecule has 1 heterocycles. The molecule has 2 aromatic carbocycles. The van der Waals surface area contributed by atoms with Gasteiger partial charge < -0.3 is 9.64 Å². The Bertz CT molecular complexity index is 742. The van der Waals surface area contributed by atoms with Gasteiger partial charge in [0.1, 0.15) is 5.75 Å². The van der Waals surface area contributed by atoms with Crippen molar-refractivity contribution in [3.63, 3.8) is 0 Å². The number of nitrogens with zero attached hydrogens (tertiary/aromatic N) is 1. The van der Waals surface area contributed by atoms with Crippen molar-refractivity contribution < 1.29 is 9.53 Å². The lowest BCUT2D eigenvalue weighted by Crippen LogP contribution is -2.37. The second kappa shape index (κ2) is 6.63. The van der Waals surface area contributed by atoms with Gasteiger partial charge in [0.15, 0.2) is 0 Å². The summed E-state index contributed by atoms with van der Waals surface area (Å²) >= 11 is 6.20. The molecule has 0 saturated carbocycles. The van der Waals surface area contributed by atoms with E-state index in [1.165, 1.54) is 11.1 Å². The van der Waals surface area contributed by atoms with E-state index in [1.54, 1.807) is 7.11 Å². The summed E-state index contributed by atoms with van der Waals surface area (Å²) in [7, 11) is 1.65. The number of fused-ring (bicyclic) bond motifs is 1. The van der Waals surface area contributed by atoms with Crippen molar-refractivity contribution in [2.24, 2.45) is 0 Å². The quantitative estimate of drug-likeness (QED) is 0.845. The number of methoxy groups -OCH3 is 1. The fraction of sp³-hybridized carbons (Fsp3) is 0.316. The van der Waals surface area contributed by atoms with Crippen molar-refractivity contribution in [1.82, 2.24) is 0 Å². The number of anilines is 1. The van der Waals surface area contributed by atoms with E-state index in [0.717, 1.165) is 36.4 Å². The Kier molecular flexibility index (Phi) is 4.58. The molecule has 0 radical (unpaired) electrons. The van der Waals surface area contributed by atoms with Crippen LogP contribution in [-0.2, 0) is 17.6 Å². The number of aryl methyl sites for hydroxylation is 1. The predicted octanol–water partition coefficient (Wildman–Crippen LogP) is 4.18. The number of ether oxygens (including phenoxy) is 1. The van der Waals surface area contributed by atoms with E-state index in [1.807, 2.05) is 35.2 Å². The number of benzene rings is 2. The average Bonchev–Trinajstić information content (AvgIpc) is 2.57. The van der Waals surface area contributed by atoms with Crippen LogP contribution in [0.1, 0.15) is 23.1 Å². The van der Waals surface area contributed by atoms with E-state index < -0.39 is 0 Å². The first-order valence-electron chi connectivity index (χ1n) is 7.82. The molecule has 4 heteroatoms. The van der Waals surface area contributed by atoms with Crippen LogP contribution in [0.3, 0.4) is 0 Å². The summed E-state index contributed by atoms with van der Waals surface area (Å²) in [6.07, 6.45) is 2.25. The summed E-state index contributed by atoms with van der Waals surface area (Å²) in [5.41, 5.74) is 4.20. The van der Waals surface area contributed by atoms with Crippen LogP contribution in [0.2, 0.25) is 5.02 Å². The van der Waals surface area contributed by atoms with E-state index >= 15 is 0 Å². The normalized spacial score (nSPS) is 13.6. The van der Waals surface area contributed by atoms with Crippen LogP contribution in [0.5, 0.6) is 5.75 Å². The molecule has 3 nitrogen and oxygen atoms in total. The third-order valence-electron chi connectivity index (χ3n) is 4.38. The lowest BCUT2D eigenvalue weighted by molar-refractivity contribution is -0.118. The second-order valence-electron chi connectivity index (χ2n) is 5.83. The minimum absolute atomic E-state index is 0.0583. The first-order valence-corrected chi connectivity index (χ1v) is 8.20. The second-order valence-corrected chi connectivity index (χ2v) is 6.24. The molecule has 1 amide bonds. The minimum Gasteiger partial charge on any atom is -0.495 e. The molecule has 0 unspecified atom stereocenters. The summed E-state index contributed by atoms with van der Waals surface area (Å²) in [4.78, 5) is 14.7. The molecule has 0 saturated heterocycles. The van der Waals surface area contributed by atoms with Gasteiger partial charge in [0.25, 0.3) is 0 Å². The third kappa shape index (κ3) is 3.06. The van der Waals surface area contributed by atoms with Crippen molar-refractivity contribution in [2.45, 2.75) is 26.2 Å². The van der Waals surface area contributed by atoms with Crippen molar-refractivity contribution in [2.75, 3.05) is 18.6 Å². The third-order valence-corrected chi connectivity index (χ3v) is 4.75. The monoisotopic (exact) mass is 329 g/mol. The summed E-state index contributed by atoms with van der Waals surface area (Å²) in [5.74, 6) is 0.820. The highest BCUT2D eigenvalue weighted by Crippen LogP contribution is 2.38. The van der Waals surface area contributed by atoms with E-state index in [-0.39, 0.29) is 5.91 Å². The van der Waals surface area contributed by atoms with Crippen molar-refractivity contribution in [1.29, 1.82) is 0 Å². The molecule has 0 spiro atoms. The molecular formula is C19H20ClNO2. The van der Waals surface area contributed by atoms with Gasteiger partial charge in [-0.15, -0.1) is 0 Å². The fourth-order valence-corrected chi connectivity index (χ4v) is 3.37. The summed E-state index contributed by atoms with van der Waals surface area (Å²) in [6, 6.07) is 11.5. The first-order chi connectivity index (χ1) is 11.1. The lowest BCUT2D eigenvalue weighted by atomic mass is 9.95. The molecule has 0 aliphatic carbocycles. The number of hydrogen-bond acceptors (Lipinski definition) is 2. The topological polar surface area (TPSA) is 29.5 Å². The maximum absolute atomic E-state index is 12.9. The molecule has 0 N–H and O–H groups in total. The van der Waals surface area contributed by atoms with E-state index in [4.69, 9.17) is 16.3 Å². The molecule has 0 bridgehead atoms. The number of carbonyl (C=O) groups excluding carboxylic acids is 1. The molecule has 23 heavy (non-hydrogen) atoms. The average molecular weight is 330 g/mol. The Hall–Kier alpha value is -2.00. The number of hydrogen-bond donors (Lipinski definition) is 0. The zero-order chi connectivity index (χ0) is 16.4. The highest BCUT2D eigenvalue weighted by atomic mass is 35.5. The zero-order valence-electron chi connectivity index (χ0n) is 13.4. The Balaban J connectivity index is 1.95. The fourth-order valence-electron chi connectivity index (χ4n) is 3.17. The van der Waals surface area contributed by atoms with Gasteiger partial charge in [-0.3, -0.25) is 4.79 Å².